The van der Waals surface area contributed by atoms with E-state index < -0.39 is 0 Å². The van der Waals surface area contributed by atoms with Crippen molar-refractivity contribution in [3.05, 3.63) is 91.5 Å². The molecule has 29 heavy (non-hydrogen) atoms. The Morgan fingerprint density at radius 1 is 1.14 bits per heavy atom. The SMILES string of the molecule is COc1cc(C=C(C#N)c2ccc(C)cc2)cc(I)c1OCc1ccccc1Cl. The number of halogens is 2. The van der Waals surface area contributed by atoms with Crippen LogP contribution < -0.4 is 9.47 Å². The Kier molecular flexibility index (Phi) is 7.18. The third-order valence-electron chi connectivity index (χ3n) is 4.38. The standard InChI is InChI=1S/C24H19ClINO2/c1-16-7-9-18(10-8-16)20(14-27)11-17-12-22(26)24(23(13-17)28-2)29-15-19-5-3-4-6-21(19)25/h3-13H,15H2,1-2H3. The van der Waals surface area contributed by atoms with Gasteiger partial charge in [-0.1, -0.05) is 59.6 Å². The zero-order valence-corrected chi connectivity index (χ0v) is 19.0. The Hall–Kier alpha value is -2.49. The van der Waals surface area contributed by atoms with Gasteiger partial charge >= 0.3 is 0 Å². The van der Waals surface area contributed by atoms with Crippen molar-refractivity contribution in [3.63, 3.8) is 0 Å². The fourth-order valence-electron chi connectivity index (χ4n) is 2.81. The number of rotatable bonds is 6. The van der Waals surface area contributed by atoms with Gasteiger partial charge in [-0.2, -0.15) is 5.26 Å². The summed E-state index contributed by atoms with van der Waals surface area (Å²) >= 11 is 8.43. The fraction of sp³-hybridized carbons (Fsp3) is 0.125. The summed E-state index contributed by atoms with van der Waals surface area (Å²) in [5, 5.41) is 10.3. The number of benzene rings is 3. The predicted octanol–water partition coefficient (Wildman–Crippen LogP) is 6.90. The average molecular weight is 516 g/mol. The molecule has 0 aromatic heterocycles. The van der Waals surface area contributed by atoms with Crippen LogP contribution in [0.3, 0.4) is 0 Å². The minimum absolute atomic E-state index is 0.341. The van der Waals surface area contributed by atoms with Crippen LogP contribution in [0.15, 0.2) is 60.7 Å². The molecule has 0 aliphatic rings. The summed E-state index contributed by atoms with van der Waals surface area (Å²) in [7, 11) is 1.60. The molecule has 0 saturated heterocycles. The van der Waals surface area contributed by atoms with E-state index in [1.54, 1.807) is 7.11 Å². The third kappa shape index (κ3) is 5.31. The van der Waals surface area contributed by atoms with Gasteiger partial charge in [-0.3, -0.25) is 0 Å². The molecule has 3 nitrogen and oxygen atoms in total. The Morgan fingerprint density at radius 2 is 1.86 bits per heavy atom. The summed E-state index contributed by atoms with van der Waals surface area (Å²) in [4.78, 5) is 0. The molecule has 3 aromatic carbocycles. The van der Waals surface area contributed by atoms with Crippen molar-refractivity contribution >= 4 is 45.8 Å². The van der Waals surface area contributed by atoms with Crippen molar-refractivity contribution in [2.45, 2.75) is 13.5 Å². The van der Waals surface area contributed by atoms with Crippen LogP contribution in [0, 0.1) is 21.8 Å². The topological polar surface area (TPSA) is 42.2 Å². The van der Waals surface area contributed by atoms with Crippen molar-refractivity contribution < 1.29 is 9.47 Å². The molecule has 0 aliphatic heterocycles. The van der Waals surface area contributed by atoms with E-state index in [1.165, 1.54) is 0 Å². The number of ether oxygens (including phenoxy) is 2. The van der Waals surface area contributed by atoms with Crippen LogP contribution in [0.25, 0.3) is 11.6 Å². The van der Waals surface area contributed by atoms with E-state index in [0.717, 1.165) is 25.8 Å². The second-order valence-corrected chi connectivity index (χ2v) is 8.02. The Labute approximate surface area is 189 Å². The summed E-state index contributed by atoms with van der Waals surface area (Å²) in [6, 6.07) is 21.6. The minimum Gasteiger partial charge on any atom is -0.493 e. The van der Waals surface area contributed by atoms with Crippen LogP contribution in [-0.4, -0.2) is 7.11 Å². The lowest BCUT2D eigenvalue weighted by atomic mass is 10.0. The summed E-state index contributed by atoms with van der Waals surface area (Å²) in [6.45, 7) is 2.36. The van der Waals surface area contributed by atoms with E-state index in [0.29, 0.717) is 28.7 Å². The van der Waals surface area contributed by atoms with Crippen molar-refractivity contribution in [2.75, 3.05) is 7.11 Å². The van der Waals surface area contributed by atoms with E-state index in [1.807, 2.05) is 73.7 Å². The maximum atomic E-state index is 9.61. The van der Waals surface area contributed by atoms with Crippen molar-refractivity contribution in [1.29, 1.82) is 5.26 Å². The van der Waals surface area contributed by atoms with E-state index >= 15 is 0 Å². The van der Waals surface area contributed by atoms with Crippen molar-refractivity contribution in [1.82, 2.24) is 0 Å². The lowest BCUT2D eigenvalue weighted by Gasteiger charge is -2.14. The van der Waals surface area contributed by atoms with Crippen LogP contribution in [-0.2, 0) is 6.61 Å². The highest BCUT2D eigenvalue weighted by Crippen LogP contribution is 2.36. The zero-order valence-electron chi connectivity index (χ0n) is 16.1. The molecule has 146 valence electrons. The largest absolute Gasteiger partial charge is 0.493 e. The molecule has 0 unspecified atom stereocenters. The zero-order chi connectivity index (χ0) is 20.8. The van der Waals surface area contributed by atoms with Gasteiger partial charge in [-0.25, -0.2) is 0 Å². The van der Waals surface area contributed by atoms with Crippen LogP contribution in [0.2, 0.25) is 5.02 Å². The second kappa shape index (κ2) is 9.82. The Morgan fingerprint density at radius 3 is 2.52 bits per heavy atom. The first-order valence-corrected chi connectivity index (χ1v) is 10.4. The molecule has 3 rings (SSSR count). The third-order valence-corrected chi connectivity index (χ3v) is 5.55. The van der Waals surface area contributed by atoms with Crippen LogP contribution >= 0.6 is 34.2 Å². The van der Waals surface area contributed by atoms with Gasteiger partial charge in [0.2, 0.25) is 0 Å². The molecule has 0 spiro atoms. The molecular formula is C24H19ClINO2. The molecule has 0 saturated carbocycles. The van der Waals surface area contributed by atoms with Crippen molar-refractivity contribution in [2.24, 2.45) is 0 Å². The highest BCUT2D eigenvalue weighted by molar-refractivity contribution is 14.1. The highest BCUT2D eigenvalue weighted by Gasteiger charge is 2.13. The molecular weight excluding hydrogens is 497 g/mol. The smallest absolute Gasteiger partial charge is 0.174 e. The quantitative estimate of drug-likeness (QED) is 0.204. The van der Waals surface area contributed by atoms with Gasteiger partial charge < -0.3 is 9.47 Å². The molecule has 0 aliphatic carbocycles. The summed E-state index contributed by atoms with van der Waals surface area (Å²) in [5.41, 5.74) is 4.40. The van der Waals surface area contributed by atoms with Crippen LogP contribution in [0.1, 0.15) is 22.3 Å². The number of nitrogens with zero attached hydrogens (tertiary/aromatic N) is 1. The molecule has 0 bridgehead atoms. The molecule has 0 N–H and O–H groups in total. The first-order valence-electron chi connectivity index (χ1n) is 8.94. The van der Waals surface area contributed by atoms with Crippen LogP contribution in [0.4, 0.5) is 0 Å². The van der Waals surface area contributed by atoms with Gasteiger partial charge in [0.1, 0.15) is 6.61 Å². The van der Waals surface area contributed by atoms with Gasteiger partial charge in [0, 0.05) is 10.6 Å². The molecule has 0 amide bonds. The number of allylic oxidation sites excluding steroid dienone is 1. The maximum Gasteiger partial charge on any atom is 0.174 e. The first-order chi connectivity index (χ1) is 14.0. The lowest BCUT2D eigenvalue weighted by Crippen LogP contribution is -2.00. The van der Waals surface area contributed by atoms with Gasteiger partial charge in [0.25, 0.3) is 0 Å². The number of aryl methyl sites for hydroxylation is 1. The average Bonchev–Trinajstić information content (AvgIpc) is 2.72. The monoisotopic (exact) mass is 515 g/mol. The Balaban J connectivity index is 1.90. The fourth-order valence-corrected chi connectivity index (χ4v) is 3.78. The molecule has 0 fully saturated rings. The van der Waals surface area contributed by atoms with E-state index in [4.69, 9.17) is 21.1 Å². The van der Waals surface area contributed by atoms with E-state index in [9.17, 15) is 5.26 Å². The number of hydrogen-bond donors (Lipinski definition) is 0. The molecule has 0 radical (unpaired) electrons. The van der Waals surface area contributed by atoms with E-state index in [-0.39, 0.29) is 0 Å². The summed E-state index contributed by atoms with van der Waals surface area (Å²) in [6.07, 6.45) is 1.85. The first kappa shape index (κ1) is 21.2. The van der Waals surface area contributed by atoms with Crippen molar-refractivity contribution in [3.8, 4) is 17.6 Å². The highest BCUT2D eigenvalue weighted by atomic mass is 127. The molecule has 0 atom stereocenters. The Bertz CT molecular complexity index is 1090. The maximum absolute atomic E-state index is 9.61. The molecule has 3 aromatic rings. The predicted molar refractivity (Wildman–Crippen MR) is 126 cm³/mol. The van der Waals surface area contributed by atoms with Gasteiger partial charge in [0.05, 0.1) is 22.3 Å². The second-order valence-electron chi connectivity index (χ2n) is 6.45. The van der Waals surface area contributed by atoms with Gasteiger partial charge in [0.15, 0.2) is 11.5 Å². The number of hydrogen-bond acceptors (Lipinski definition) is 3. The normalized spacial score (nSPS) is 11.1. The number of methoxy groups -OCH3 is 1. The summed E-state index contributed by atoms with van der Waals surface area (Å²) < 4.78 is 12.4. The minimum atomic E-state index is 0.341. The van der Waals surface area contributed by atoms with Gasteiger partial charge in [-0.05, 0) is 64.9 Å². The van der Waals surface area contributed by atoms with E-state index in [2.05, 4.69) is 28.7 Å². The van der Waals surface area contributed by atoms with Gasteiger partial charge in [-0.15, -0.1) is 0 Å². The molecule has 0 heterocycles. The van der Waals surface area contributed by atoms with Crippen LogP contribution in [0.5, 0.6) is 11.5 Å². The number of nitriles is 1. The summed E-state index contributed by atoms with van der Waals surface area (Å²) in [5.74, 6) is 1.26. The lowest BCUT2D eigenvalue weighted by molar-refractivity contribution is 0.282. The molecule has 5 heteroatoms.